The van der Waals surface area contributed by atoms with Gasteiger partial charge >= 0.3 is 0 Å². The molecule has 4 heterocycles. The molecule has 24 heavy (non-hydrogen) atoms. The van der Waals surface area contributed by atoms with Gasteiger partial charge in [0.1, 0.15) is 11.5 Å². The van der Waals surface area contributed by atoms with Crippen molar-refractivity contribution in [3.05, 3.63) is 53.7 Å². The van der Waals surface area contributed by atoms with Crippen molar-refractivity contribution >= 4 is 5.91 Å². The van der Waals surface area contributed by atoms with Crippen molar-refractivity contribution < 1.29 is 9.21 Å². The Bertz CT molecular complexity index is 712. The van der Waals surface area contributed by atoms with Gasteiger partial charge in [0.15, 0.2) is 0 Å². The van der Waals surface area contributed by atoms with Gasteiger partial charge in [-0.2, -0.15) is 0 Å². The SMILES string of the molecule is Cc1ccc(CN2C[C@@H]3CCN(Cc4cccnc4)C(=O)[C@H]3C2)o1. The van der Waals surface area contributed by atoms with Crippen molar-refractivity contribution in [3.63, 3.8) is 0 Å². The Labute approximate surface area is 142 Å². The summed E-state index contributed by atoms with van der Waals surface area (Å²) in [6.45, 7) is 6.13. The fourth-order valence-corrected chi connectivity index (χ4v) is 3.99. The van der Waals surface area contributed by atoms with Gasteiger partial charge in [-0.05, 0) is 43.0 Å². The molecule has 1 amide bonds. The minimum Gasteiger partial charge on any atom is -0.465 e. The highest BCUT2D eigenvalue weighted by molar-refractivity contribution is 5.80. The third-order valence-corrected chi connectivity index (χ3v) is 5.19. The van der Waals surface area contributed by atoms with Crippen LogP contribution in [0.25, 0.3) is 0 Å². The fraction of sp³-hybridized carbons (Fsp3) is 0.474. The van der Waals surface area contributed by atoms with Gasteiger partial charge in [0, 0.05) is 38.6 Å². The lowest BCUT2D eigenvalue weighted by Gasteiger charge is -2.33. The van der Waals surface area contributed by atoms with E-state index in [1.54, 1.807) is 6.20 Å². The summed E-state index contributed by atoms with van der Waals surface area (Å²) in [5, 5.41) is 0. The van der Waals surface area contributed by atoms with Crippen LogP contribution < -0.4 is 0 Å². The molecule has 2 fully saturated rings. The van der Waals surface area contributed by atoms with Crippen LogP contribution in [-0.4, -0.2) is 40.3 Å². The second kappa shape index (κ2) is 6.40. The van der Waals surface area contributed by atoms with E-state index in [0.29, 0.717) is 18.4 Å². The highest BCUT2D eigenvalue weighted by Gasteiger charge is 2.42. The molecule has 0 spiro atoms. The minimum absolute atomic E-state index is 0.131. The highest BCUT2D eigenvalue weighted by Crippen LogP contribution is 2.33. The maximum atomic E-state index is 12.9. The van der Waals surface area contributed by atoms with Crippen LogP contribution in [0.3, 0.4) is 0 Å². The molecule has 0 unspecified atom stereocenters. The Hall–Kier alpha value is -2.14. The van der Waals surface area contributed by atoms with Crippen LogP contribution in [0.5, 0.6) is 0 Å². The van der Waals surface area contributed by atoms with Gasteiger partial charge in [0.2, 0.25) is 5.91 Å². The largest absolute Gasteiger partial charge is 0.465 e. The van der Waals surface area contributed by atoms with Crippen LogP contribution in [0.15, 0.2) is 41.1 Å². The summed E-state index contributed by atoms with van der Waals surface area (Å²) in [5.41, 5.74) is 1.10. The number of aromatic nitrogens is 1. The lowest BCUT2D eigenvalue weighted by atomic mass is 9.88. The van der Waals surface area contributed by atoms with E-state index in [2.05, 4.69) is 9.88 Å². The van der Waals surface area contributed by atoms with Crippen LogP contribution in [0.2, 0.25) is 0 Å². The zero-order chi connectivity index (χ0) is 16.5. The topological polar surface area (TPSA) is 49.6 Å². The Balaban J connectivity index is 1.40. The van der Waals surface area contributed by atoms with Crippen LogP contribution in [0, 0.1) is 18.8 Å². The number of likely N-dealkylation sites (tertiary alicyclic amines) is 2. The summed E-state index contributed by atoms with van der Waals surface area (Å²) in [6.07, 6.45) is 4.70. The van der Waals surface area contributed by atoms with Gasteiger partial charge in [-0.25, -0.2) is 0 Å². The third kappa shape index (κ3) is 3.08. The average molecular weight is 325 g/mol. The molecule has 0 aliphatic carbocycles. The number of hydrogen-bond acceptors (Lipinski definition) is 4. The van der Waals surface area contributed by atoms with E-state index in [1.165, 1.54) is 0 Å². The summed E-state index contributed by atoms with van der Waals surface area (Å²) in [4.78, 5) is 21.4. The Morgan fingerprint density at radius 1 is 1.25 bits per heavy atom. The van der Waals surface area contributed by atoms with Crippen LogP contribution >= 0.6 is 0 Å². The van der Waals surface area contributed by atoms with Crippen molar-refractivity contribution in [2.45, 2.75) is 26.4 Å². The summed E-state index contributed by atoms with van der Waals surface area (Å²) in [7, 11) is 0. The molecule has 2 atom stereocenters. The Kier molecular flexibility index (Phi) is 4.10. The maximum absolute atomic E-state index is 12.9. The zero-order valence-corrected chi connectivity index (χ0v) is 14.0. The molecule has 2 saturated heterocycles. The van der Waals surface area contributed by atoms with E-state index in [-0.39, 0.29) is 5.92 Å². The number of aryl methyl sites for hydroxylation is 1. The fourth-order valence-electron chi connectivity index (χ4n) is 3.99. The number of nitrogens with zero attached hydrogens (tertiary/aromatic N) is 3. The second-order valence-corrected chi connectivity index (χ2v) is 6.98. The lowest BCUT2D eigenvalue weighted by molar-refractivity contribution is -0.140. The summed E-state index contributed by atoms with van der Waals surface area (Å²) in [5.74, 6) is 2.85. The number of fused-ring (bicyclic) bond motifs is 1. The number of furan rings is 1. The van der Waals surface area contributed by atoms with Crippen molar-refractivity contribution in [2.75, 3.05) is 19.6 Å². The van der Waals surface area contributed by atoms with Crippen LogP contribution in [0.1, 0.15) is 23.5 Å². The first-order valence-electron chi connectivity index (χ1n) is 8.64. The van der Waals surface area contributed by atoms with Crippen molar-refractivity contribution in [1.82, 2.24) is 14.8 Å². The monoisotopic (exact) mass is 325 g/mol. The molecule has 5 nitrogen and oxygen atoms in total. The maximum Gasteiger partial charge on any atom is 0.227 e. The quantitative estimate of drug-likeness (QED) is 0.866. The number of hydrogen-bond donors (Lipinski definition) is 0. The molecule has 0 N–H and O–H groups in total. The Morgan fingerprint density at radius 3 is 2.92 bits per heavy atom. The molecule has 0 bridgehead atoms. The number of pyridine rings is 1. The van der Waals surface area contributed by atoms with Crippen LogP contribution in [0.4, 0.5) is 0 Å². The first-order valence-corrected chi connectivity index (χ1v) is 8.64. The molecule has 2 aliphatic rings. The average Bonchev–Trinajstić information content (AvgIpc) is 3.18. The van der Waals surface area contributed by atoms with E-state index in [9.17, 15) is 4.79 Å². The molecular weight excluding hydrogens is 302 g/mol. The predicted molar refractivity (Wildman–Crippen MR) is 90.0 cm³/mol. The molecule has 2 aromatic heterocycles. The zero-order valence-electron chi connectivity index (χ0n) is 14.0. The molecule has 0 aromatic carbocycles. The van der Waals surface area contributed by atoms with Crippen molar-refractivity contribution in [3.8, 4) is 0 Å². The van der Waals surface area contributed by atoms with Gasteiger partial charge in [-0.1, -0.05) is 6.07 Å². The predicted octanol–water partition coefficient (Wildman–Crippen LogP) is 2.46. The Morgan fingerprint density at radius 2 is 2.17 bits per heavy atom. The van der Waals surface area contributed by atoms with Gasteiger partial charge in [-0.15, -0.1) is 0 Å². The lowest BCUT2D eigenvalue weighted by Crippen LogP contribution is -2.44. The number of amides is 1. The molecule has 5 heteroatoms. The number of rotatable bonds is 4. The standard InChI is InChI=1S/C19H23N3O2/c1-14-4-5-17(24-14)12-21-11-16-6-8-22(19(23)18(16)13-21)10-15-3-2-7-20-9-15/h2-5,7,9,16,18H,6,8,10-13H2,1H3/t16-,18-/m0/s1. The van der Waals surface area contributed by atoms with E-state index in [0.717, 1.165) is 49.7 Å². The molecule has 4 rings (SSSR count). The van der Waals surface area contributed by atoms with Crippen molar-refractivity contribution in [1.29, 1.82) is 0 Å². The normalized spacial score (nSPS) is 24.4. The number of carbonyl (C=O) groups is 1. The smallest absolute Gasteiger partial charge is 0.227 e. The first kappa shape index (κ1) is 15.4. The van der Waals surface area contributed by atoms with Gasteiger partial charge in [-0.3, -0.25) is 14.7 Å². The van der Waals surface area contributed by atoms with E-state index >= 15 is 0 Å². The van der Waals surface area contributed by atoms with Crippen LogP contribution in [-0.2, 0) is 17.9 Å². The number of carbonyl (C=O) groups excluding carboxylic acids is 1. The van der Waals surface area contributed by atoms with Crippen molar-refractivity contribution in [2.24, 2.45) is 11.8 Å². The molecule has 2 aliphatic heterocycles. The summed E-state index contributed by atoms with van der Waals surface area (Å²) in [6, 6.07) is 7.99. The summed E-state index contributed by atoms with van der Waals surface area (Å²) < 4.78 is 5.68. The van der Waals surface area contributed by atoms with Gasteiger partial charge in [0.05, 0.1) is 12.5 Å². The first-order chi connectivity index (χ1) is 11.7. The van der Waals surface area contributed by atoms with E-state index < -0.39 is 0 Å². The minimum atomic E-state index is 0.131. The second-order valence-electron chi connectivity index (χ2n) is 6.98. The highest BCUT2D eigenvalue weighted by atomic mass is 16.3. The molecule has 126 valence electrons. The van der Waals surface area contributed by atoms with Gasteiger partial charge < -0.3 is 9.32 Å². The molecule has 0 saturated carbocycles. The van der Waals surface area contributed by atoms with E-state index in [1.807, 2.05) is 42.3 Å². The molecule has 2 aromatic rings. The van der Waals surface area contributed by atoms with E-state index in [4.69, 9.17) is 4.42 Å². The third-order valence-electron chi connectivity index (χ3n) is 5.19. The van der Waals surface area contributed by atoms with Gasteiger partial charge in [0.25, 0.3) is 0 Å². The molecule has 0 radical (unpaired) electrons. The number of piperidine rings is 1. The summed E-state index contributed by atoms with van der Waals surface area (Å²) >= 11 is 0. The molecular formula is C19H23N3O2.